The fourth-order valence-corrected chi connectivity index (χ4v) is 2.20. The smallest absolute Gasteiger partial charge is 0.410 e. The lowest BCUT2D eigenvalue weighted by Crippen LogP contribution is -2.30. The molecule has 0 spiro atoms. The molecule has 28 heavy (non-hydrogen) atoms. The van der Waals surface area contributed by atoms with E-state index in [2.05, 4.69) is 39.8 Å². The van der Waals surface area contributed by atoms with Crippen LogP contribution in [-0.2, 0) is 20.7 Å². The SMILES string of the molecule is CC(C)C(C)N.COc1cc(CCNC(=O)OC(C)OC=O)c(OC)cc1Br. The van der Waals surface area contributed by atoms with E-state index >= 15 is 0 Å². The Balaban J connectivity index is 0.00000105. The maximum absolute atomic E-state index is 11.5. The predicted octanol–water partition coefficient (Wildman–Crippen LogP) is 3.24. The zero-order valence-electron chi connectivity index (χ0n) is 17.3. The van der Waals surface area contributed by atoms with E-state index in [1.165, 1.54) is 6.92 Å². The van der Waals surface area contributed by atoms with Gasteiger partial charge in [0.15, 0.2) is 0 Å². The Bertz CT molecular complexity index is 604. The van der Waals surface area contributed by atoms with Crippen molar-refractivity contribution in [3.8, 4) is 11.5 Å². The number of nitrogens with one attached hydrogen (secondary N) is 1. The third kappa shape index (κ3) is 10.4. The van der Waals surface area contributed by atoms with Crippen molar-refractivity contribution in [2.45, 2.75) is 46.4 Å². The minimum atomic E-state index is -0.931. The number of benzene rings is 1. The number of carbonyl (C=O) groups excluding carboxylic acids is 2. The molecule has 9 heteroatoms. The van der Waals surface area contributed by atoms with Crippen LogP contribution in [0.3, 0.4) is 0 Å². The van der Waals surface area contributed by atoms with E-state index in [9.17, 15) is 9.59 Å². The van der Waals surface area contributed by atoms with E-state index in [4.69, 9.17) is 19.9 Å². The van der Waals surface area contributed by atoms with Crippen molar-refractivity contribution in [1.82, 2.24) is 5.32 Å². The summed E-state index contributed by atoms with van der Waals surface area (Å²) < 4.78 is 20.5. The zero-order chi connectivity index (χ0) is 21.7. The number of hydrogen-bond donors (Lipinski definition) is 2. The molecule has 2 atom stereocenters. The summed E-state index contributed by atoms with van der Waals surface area (Å²) in [5.74, 6) is 1.98. The molecule has 0 bridgehead atoms. The number of carbonyl (C=O) groups is 2. The Morgan fingerprint density at radius 2 is 1.75 bits per heavy atom. The highest BCUT2D eigenvalue weighted by molar-refractivity contribution is 9.10. The van der Waals surface area contributed by atoms with Gasteiger partial charge in [-0.3, -0.25) is 4.79 Å². The summed E-state index contributed by atoms with van der Waals surface area (Å²) in [5, 5.41) is 2.56. The maximum Gasteiger partial charge on any atom is 0.410 e. The Kier molecular flexibility index (Phi) is 13.1. The topological polar surface area (TPSA) is 109 Å². The van der Waals surface area contributed by atoms with Crippen LogP contribution >= 0.6 is 15.9 Å². The summed E-state index contributed by atoms with van der Waals surface area (Å²) in [6.45, 7) is 8.24. The summed E-state index contributed by atoms with van der Waals surface area (Å²) >= 11 is 3.38. The van der Waals surface area contributed by atoms with Gasteiger partial charge >= 0.3 is 6.09 Å². The van der Waals surface area contributed by atoms with Crippen LogP contribution in [0.15, 0.2) is 16.6 Å². The Labute approximate surface area is 175 Å². The third-order valence-electron chi connectivity index (χ3n) is 3.79. The summed E-state index contributed by atoms with van der Waals surface area (Å²) in [6.07, 6.45) is -1.08. The van der Waals surface area contributed by atoms with Crippen LogP contribution in [0.5, 0.6) is 11.5 Å². The Hall–Kier alpha value is -2.00. The van der Waals surface area contributed by atoms with Crippen molar-refractivity contribution in [2.24, 2.45) is 11.7 Å². The maximum atomic E-state index is 11.5. The first-order valence-electron chi connectivity index (χ1n) is 8.85. The van der Waals surface area contributed by atoms with Crippen LogP contribution < -0.4 is 20.5 Å². The van der Waals surface area contributed by atoms with Gasteiger partial charge in [0.1, 0.15) is 11.5 Å². The minimum absolute atomic E-state index is 0.219. The highest BCUT2D eigenvalue weighted by atomic mass is 79.9. The molecule has 0 aliphatic heterocycles. The molecule has 0 radical (unpaired) electrons. The van der Waals surface area contributed by atoms with Crippen LogP contribution in [0.1, 0.15) is 33.3 Å². The molecule has 1 aromatic carbocycles. The normalized spacial score (nSPS) is 12.2. The second kappa shape index (κ2) is 14.1. The van der Waals surface area contributed by atoms with Crippen molar-refractivity contribution in [2.75, 3.05) is 20.8 Å². The number of halogens is 1. The van der Waals surface area contributed by atoms with Gasteiger partial charge in [-0.15, -0.1) is 0 Å². The summed E-state index contributed by atoms with van der Waals surface area (Å²) in [7, 11) is 3.14. The molecule has 1 amide bonds. The first kappa shape index (κ1) is 26.0. The fourth-order valence-electron chi connectivity index (χ4n) is 1.72. The average Bonchev–Trinajstić information content (AvgIpc) is 2.63. The zero-order valence-corrected chi connectivity index (χ0v) is 18.9. The number of nitrogens with two attached hydrogens (primary N) is 1. The third-order valence-corrected chi connectivity index (χ3v) is 4.41. The van der Waals surface area contributed by atoms with E-state index in [1.54, 1.807) is 20.3 Å². The van der Waals surface area contributed by atoms with Gasteiger partial charge in [0, 0.05) is 19.5 Å². The van der Waals surface area contributed by atoms with Crippen molar-refractivity contribution in [1.29, 1.82) is 0 Å². The Morgan fingerprint density at radius 3 is 2.21 bits per heavy atom. The number of methoxy groups -OCH3 is 2. The first-order chi connectivity index (χ1) is 13.2. The molecule has 0 aliphatic carbocycles. The first-order valence-corrected chi connectivity index (χ1v) is 9.65. The lowest BCUT2D eigenvalue weighted by Gasteiger charge is -2.14. The molecule has 0 aliphatic rings. The van der Waals surface area contributed by atoms with Crippen molar-refractivity contribution in [3.05, 3.63) is 22.2 Å². The van der Waals surface area contributed by atoms with Crippen LogP contribution in [-0.4, -0.2) is 45.7 Å². The Morgan fingerprint density at radius 1 is 1.18 bits per heavy atom. The van der Waals surface area contributed by atoms with Crippen molar-refractivity contribution < 1.29 is 28.5 Å². The molecule has 0 heterocycles. The van der Waals surface area contributed by atoms with Gasteiger partial charge in [0.25, 0.3) is 6.47 Å². The molecule has 0 saturated carbocycles. The number of ether oxygens (including phenoxy) is 4. The number of rotatable bonds is 9. The molecule has 0 saturated heterocycles. The van der Waals surface area contributed by atoms with Gasteiger partial charge < -0.3 is 30.0 Å². The summed E-state index contributed by atoms with van der Waals surface area (Å²) in [4.78, 5) is 21.5. The molecule has 0 aromatic heterocycles. The van der Waals surface area contributed by atoms with Crippen LogP contribution in [0.25, 0.3) is 0 Å². The minimum Gasteiger partial charge on any atom is -0.496 e. The molecule has 8 nitrogen and oxygen atoms in total. The quantitative estimate of drug-likeness (QED) is 0.428. The molecule has 1 rings (SSSR count). The van der Waals surface area contributed by atoms with Gasteiger partial charge in [-0.2, -0.15) is 0 Å². The average molecular weight is 463 g/mol. The second-order valence-corrected chi connectivity index (χ2v) is 7.14. The van der Waals surface area contributed by atoms with Crippen LogP contribution in [0, 0.1) is 5.92 Å². The van der Waals surface area contributed by atoms with Gasteiger partial charge in [0.05, 0.1) is 18.7 Å². The second-order valence-electron chi connectivity index (χ2n) is 6.28. The lowest BCUT2D eigenvalue weighted by atomic mass is 10.1. The van der Waals surface area contributed by atoms with E-state index < -0.39 is 12.4 Å². The van der Waals surface area contributed by atoms with Crippen LogP contribution in [0.4, 0.5) is 4.79 Å². The largest absolute Gasteiger partial charge is 0.496 e. The molecule has 2 unspecified atom stereocenters. The van der Waals surface area contributed by atoms with Crippen molar-refractivity contribution >= 4 is 28.5 Å². The molecule has 3 N–H and O–H groups in total. The van der Waals surface area contributed by atoms with Gasteiger partial charge in [-0.05, 0) is 52.9 Å². The lowest BCUT2D eigenvalue weighted by molar-refractivity contribution is -0.148. The highest BCUT2D eigenvalue weighted by Crippen LogP contribution is 2.32. The molecule has 0 fully saturated rings. The highest BCUT2D eigenvalue weighted by Gasteiger charge is 2.12. The van der Waals surface area contributed by atoms with E-state index in [-0.39, 0.29) is 6.47 Å². The number of hydrogen-bond acceptors (Lipinski definition) is 7. The van der Waals surface area contributed by atoms with Crippen molar-refractivity contribution in [3.63, 3.8) is 0 Å². The van der Waals surface area contributed by atoms with Gasteiger partial charge in [-0.25, -0.2) is 4.79 Å². The summed E-state index contributed by atoms with van der Waals surface area (Å²) in [6, 6.07) is 3.98. The molecule has 1 aromatic rings. The number of amides is 1. The van der Waals surface area contributed by atoms with Crippen LogP contribution in [0.2, 0.25) is 0 Å². The predicted molar refractivity (Wildman–Crippen MR) is 111 cm³/mol. The molecular weight excluding hydrogens is 432 g/mol. The van der Waals surface area contributed by atoms with Gasteiger partial charge in [0.2, 0.25) is 6.29 Å². The standard InChI is InChI=1S/C14H18BrNO6.C5H13N/c1-9(21-8-17)22-14(18)16-5-4-10-6-13(20-3)11(15)7-12(10)19-2;1-4(2)5(3)6/h6-9H,4-5H2,1-3H3,(H,16,18);4-5H,6H2,1-3H3. The number of alkyl carbamates (subject to hydrolysis) is 1. The monoisotopic (exact) mass is 462 g/mol. The molecular formula is C19H31BrN2O6. The summed E-state index contributed by atoms with van der Waals surface area (Å²) in [5.41, 5.74) is 6.31. The van der Waals surface area contributed by atoms with E-state index in [0.29, 0.717) is 36.4 Å². The fraction of sp³-hybridized carbons (Fsp3) is 0.579. The molecule has 160 valence electrons. The van der Waals surface area contributed by atoms with E-state index in [1.807, 2.05) is 13.0 Å². The van der Waals surface area contributed by atoms with Gasteiger partial charge in [-0.1, -0.05) is 13.8 Å². The van der Waals surface area contributed by atoms with E-state index in [0.717, 1.165) is 10.0 Å².